The molecule has 7 nitrogen and oxygen atoms in total. The van der Waals surface area contributed by atoms with Gasteiger partial charge in [-0.25, -0.2) is 12.7 Å². The Labute approximate surface area is 139 Å². The fourth-order valence-electron chi connectivity index (χ4n) is 3.04. The Balaban J connectivity index is 1.86. The second-order valence-corrected chi connectivity index (χ2v) is 8.15. The van der Waals surface area contributed by atoms with Crippen molar-refractivity contribution in [3.8, 4) is 0 Å². The predicted octanol–water partition coefficient (Wildman–Crippen LogP) is 0.679. The number of sulfonamides is 1. The number of rotatable bonds is 8. The molecule has 23 heavy (non-hydrogen) atoms. The van der Waals surface area contributed by atoms with Crippen molar-refractivity contribution in [2.24, 2.45) is 5.92 Å². The first-order valence-electron chi connectivity index (χ1n) is 8.12. The van der Waals surface area contributed by atoms with E-state index in [-0.39, 0.29) is 0 Å². The summed E-state index contributed by atoms with van der Waals surface area (Å²) in [4.78, 5) is 0. The first-order chi connectivity index (χ1) is 10.9. The van der Waals surface area contributed by atoms with Gasteiger partial charge in [-0.3, -0.25) is 4.68 Å². The summed E-state index contributed by atoms with van der Waals surface area (Å²) in [7, 11) is -1.40. The molecule has 0 unspecified atom stereocenters. The highest BCUT2D eigenvalue weighted by Gasteiger charge is 2.31. The lowest BCUT2D eigenvalue weighted by molar-refractivity contribution is 0.183. The second kappa shape index (κ2) is 8.23. The minimum absolute atomic E-state index is 0.348. The van der Waals surface area contributed by atoms with Crippen molar-refractivity contribution in [1.82, 2.24) is 19.4 Å². The largest absolute Gasteiger partial charge is 0.383 e. The van der Waals surface area contributed by atoms with Crippen LogP contribution in [0.4, 0.5) is 0 Å². The Morgan fingerprint density at radius 2 is 2.26 bits per heavy atom. The van der Waals surface area contributed by atoms with E-state index >= 15 is 0 Å². The van der Waals surface area contributed by atoms with Crippen LogP contribution in [-0.4, -0.2) is 61.6 Å². The fourth-order valence-corrected chi connectivity index (χ4v) is 3.94. The quantitative estimate of drug-likeness (QED) is 0.750. The zero-order chi connectivity index (χ0) is 16.9. The van der Waals surface area contributed by atoms with Crippen LogP contribution in [0.3, 0.4) is 0 Å². The van der Waals surface area contributed by atoms with Gasteiger partial charge < -0.3 is 10.1 Å². The van der Waals surface area contributed by atoms with E-state index in [1.165, 1.54) is 6.26 Å². The van der Waals surface area contributed by atoms with Crippen LogP contribution in [0.25, 0.3) is 0 Å². The standard InChI is InChI=1S/C15H28N4O3S/c1-4-14-12-19(23(3,20)21)6-5-15(14)16-9-13-10-17-18(11-13)7-8-22-2/h10-11,14-16H,4-9,12H2,1-3H3/t14-,15-/m1/s1. The van der Waals surface area contributed by atoms with E-state index in [0.717, 1.165) is 31.5 Å². The summed E-state index contributed by atoms with van der Waals surface area (Å²) < 4.78 is 31.9. The van der Waals surface area contributed by atoms with Gasteiger partial charge >= 0.3 is 0 Å². The summed E-state index contributed by atoms with van der Waals surface area (Å²) in [6.07, 6.45) is 7.01. The molecular weight excluding hydrogens is 316 g/mol. The molecule has 1 aromatic heterocycles. The van der Waals surface area contributed by atoms with Gasteiger partial charge in [0.05, 0.1) is 25.6 Å². The first-order valence-corrected chi connectivity index (χ1v) is 9.97. The van der Waals surface area contributed by atoms with Crippen molar-refractivity contribution in [1.29, 1.82) is 0 Å². The zero-order valence-electron chi connectivity index (χ0n) is 14.2. The molecule has 0 aliphatic carbocycles. The molecule has 2 rings (SSSR count). The molecule has 0 saturated carbocycles. The van der Waals surface area contributed by atoms with Crippen LogP contribution in [-0.2, 0) is 27.8 Å². The summed E-state index contributed by atoms with van der Waals surface area (Å²) in [6.45, 7) is 5.48. The van der Waals surface area contributed by atoms with Crippen LogP contribution in [0.1, 0.15) is 25.3 Å². The number of piperidine rings is 1. The number of nitrogens with zero attached hydrogens (tertiary/aromatic N) is 3. The van der Waals surface area contributed by atoms with Gasteiger partial charge in [0.15, 0.2) is 0 Å². The number of ether oxygens (including phenoxy) is 1. The van der Waals surface area contributed by atoms with Crippen molar-refractivity contribution >= 4 is 10.0 Å². The maximum Gasteiger partial charge on any atom is 0.211 e. The molecule has 1 fully saturated rings. The molecular formula is C15H28N4O3S. The third-order valence-electron chi connectivity index (χ3n) is 4.47. The summed E-state index contributed by atoms with van der Waals surface area (Å²) in [5, 5.41) is 7.88. The molecule has 0 amide bonds. The first kappa shape index (κ1) is 18.4. The van der Waals surface area contributed by atoms with Crippen LogP contribution < -0.4 is 5.32 Å². The monoisotopic (exact) mass is 344 g/mol. The number of nitrogens with one attached hydrogen (secondary N) is 1. The van der Waals surface area contributed by atoms with Crippen LogP contribution in [0.15, 0.2) is 12.4 Å². The van der Waals surface area contributed by atoms with Crippen LogP contribution in [0.2, 0.25) is 0 Å². The van der Waals surface area contributed by atoms with E-state index in [1.54, 1.807) is 11.4 Å². The van der Waals surface area contributed by atoms with E-state index in [2.05, 4.69) is 17.3 Å². The van der Waals surface area contributed by atoms with Gasteiger partial charge in [-0.2, -0.15) is 5.10 Å². The SMILES string of the molecule is CC[C@@H]1CN(S(C)(=O)=O)CC[C@H]1NCc1cnn(CCOC)c1. The Morgan fingerprint density at radius 1 is 1.48 bits per heavy atom. The second-order valence-electron chi connectivity index (χ2n) is 6.17. The number of hydrogen-bond acceptors (Lipinski definition) is 5. The molecule has 2 heterocycles. The third kappa shape index (κ3) is 5.27. The molecule has 0 spiro atoms. The average Bonchev–Trinajstić information content (AvgIpc) is 2.97. The highest BCUT2D eigenvalue weighted by molar-refractivity contribution is 7.88. The van der Waals surface area contributed by atoms with E-state index in [1.807, 2.05) is 17.1 Å². The van der Waals surface area contributed by atoms with Crippen molar-refractivity contribution < 1.29 is 13.2 Å². The fraction of sp³-hybridized carbons (Fsp3) is 0.800. The van der Waals surface area contributed by atoms with Gasteiger partial charge in [0.25, 0.3) is 0 Å². The number of hydrogen-bond donors (Lipinski definition) is 1. The minimum Gasteiger partial charge on any atom is -0.383 e. The Bertz CT molecular complexity index is 587. The van der Waals surface area contributed by atoms with Crippen molar-refractivity contribution in [2.75, 3.05) is 33.1 Å². The Hall–Kier alpha value is -0.960. The molecule has 1 aromatic rings. The lowest BCUT2D eigenvalue weighted by Gasteiger charge is -2.37. The number of aromatic nitrogens is 2. The molecule has 0 radical (unpaired) electrons. The Morgan fingerprint density at radius 3 is 2.91 bits per heavy atom. The minimum atomic E-state index is -3.08. The van der Waals surface area contributed by atoms with Gasteiger partial charge in [-0.1, -0.05) is 13.3 Å². The van der Waals surface area contributed by atoms with Crippen molar-refractivity contribution in [3.05, 3.63) is 18.0 Å². The zero-order valence-corrected chi connectivity index (χ0v) is 15.1. The maximum absolute atomic E-state index is 11.7. The maximum atomic E-state index is 11.7. The van der Waals surface area contributed by atoms with Crippen molar-refractivity contribution in [3.63, 3.8) is 0 Å². The van der Waals surface area contributed by atoms with E-state index < -0.39 is 10.0 Å². The molecule has 1 aliphatic rings. The molecule has 1 aliphatic heterocycles. The normalized spacial score (nSPS) is 23.3. The highest BCUT2D eigenvalue weighted by Crippen LogP contribution is 2.22. The van der Waals surface area contributed by atoms with Crippen molar-refractivity contribution in [2.45, 2.75) is 38.9 Å². The summed E-state index contributed by atoms with van der Waals surface area (Å²) in [5.41, 5.74) is 1.14. The third-order valence-corrected chi connectivity index (χ3v) is 5.74. The number of methoxy groups -OCH3 is 1. The lowest BCUT2D eigenvalue weighted by atomic mass is 9.91. The van der Waals surface area contributed by atoms with Crippen LogP contribution >= 0.6 is 0 Å². The molecule has 8 heteroatoms. The highest BCUT2D eigenvalue weighted by atomic mass is 32.2. The van der Waals surface area contributed by atoms with Crippen LogP contribution in [0.5, 0.6) is 0 Å². The molecule has 132 valence electrons. The summed E-state index contributed by atoms with van der Waals surface area (Å²) in [6, 6.07) is 0.348. The van der Waals surface area contributed by atoms with Gasteiger partial charge in [0.1, 0.15) is 0 Å². The molecule has 1 N–H and O–H groups in total. The Kier molecular flexibility index (Phi) is 6.58. The molecule has 2 atom stereocenters. The van der Waals surface area contributed by atoms with Gasteiger partial charge in [-0.15, -0.1) is 0 Å². The average molecular weight is 344 g/mol. The van der Waals surface area contributed by atoms with E-state index in [0.29, 0.717) is 31.7 Å². The van der Waals surface area contributed by atoms with Gasteiger partial charge in [0.2, 0.25) is 10.0 Å². The summed E-state index contributed by atoms with van der Waals surface area (Å²) >= 11 is 0. The van der Waals surface area contributed by atoms with Gasteiger partial charge in [-0.05, 0) is 12.3 Å². The molecule has 0 bridgehead atoms. The predicted molar refractivity (Wildman–Crippen MR) is 89.5 cm³/mol. The van der Waals surface area contributed by atoms with E-state index in [9.17, 15) is 8.42 Å². The van der Waals surface area contributed by atoms with E-state index in [4.69, 9.17) is 4.74 Å². The molecule has 0 aromatic carbocycles. The topological polar surface area (TPSA) is 76.5 Å². The summed E-state index contributed by atoms with van der Waals surface area (Å²) in [5.74, 6) is 0.349. The lowest BCUT2D eigenvalue weighted by Crippen LogP contribution is -2.50. The molecule has 1 saturated heterocycles. The smallest absolute Gasteiger partial charge is 0.211 e. The van der Waals surface area contributed by atoms with Crippen LogP contribution in [0, 0.1) is 5.92 Å². The van der Waals surface area contributed by atoms with Gasteiger partial charge in [0, 0.05) is 44.5 Å².